The third kappa shape index (κ3) is 3.66. The molecule has 0 atom stereocenters. The first kappa shape index (κ1) is 21.5. The summed E-state index contributed by atoms with van der Waals surface area (Å²) >= 11 is 0. The zero-order valence-electron chi connectivity index (χ0n) is 20.7. The average Bonchev–Trinajstić information content (AvgIpc) is 3.20. The summed E-state index contributed by atoms with van der Waals surface area (Å²) in [5, 5.41) is 3.22. The smallest absolute Gasteiger partial charge is 0.227 e. The number of aryl methyl sites for hydroxylation is 2. The van der Waals surface area contributed by atoms with Crippen LogP contribution in [0.2, 0.25) is 0 Å². The molecule has 172 valence electrons. The number of pyridine rings is 3. The Labute approximate surface area is 204 Å². The van der Waals surface area contributed by atoms with Crippen LogP contribution in [-0.4, -0.2) is 15.0 Å². The lowest BCUT2D eigenvalue weighted by Crippen LogP contribution is -2.13. The van der Waals surface area contributed by atoms with E-state index in [1.54, 1.807) is 0 Å². The molecule has 0 amide bonds. The van der Waals surface area contributed by atoms with E-state index in [1.807, 2.05) is 19.2 Å². The molecular formula is C31H27N3O. The van der Waals surface area contributed by atoms with Crippen molar-refractivity contribution in [3.05, 3.63) is 89.9 Å². The minimum Gasteiger partial charge on any atom is -0.437 e. The van der Waals surface area contributed by atoms with Crippen LogP contribution in [0.15, 0.2) is 77.3 Å². The zero-order valence-corrected chi connectivity index (χ0v) is 20.7. The Balaban J connectivity index is 1.49. The van der Waals surface area contributed by atoms with Gasteiger partial charge in [0.05, 0.1) is 11.2 Å². The Morgan fingerprint density at radius 1 is 0.771 bits per heavy atom. The van der Waals surface area contributed by atoms with Gasteiger partial charge in [-0.05, 0) is 79.1 Å². The summed E-state index contributed by atoms with van der Waals surface area (Å²) in [6, 6.07) is 23.2. The van der Waals surface area contributed by atoms with Crippen molar-refractivity contribution in [2.45, 2.75) is 40.0 Å². The molecule has 4 aromatic heterocycles. The predicted molar refractivity (Wildman–Crippen MR) is 144 cm³/mol. The molecule has 0 fully saturated rings. The predicted octanol–water partition coefficient (Wildman–Crippen LogP) is 8.17. The first-order valence-corrected chi connectivity index (χ1v) is 12.0. The van der Waals surface area contributed by atoms with E-state index in [9.17, 15) is 0 Å². The molecule has 6 aromatic rings. The number of fused-ring (bicyclic) bond motifs is 4. The van der Waals surface area contributed by atoms with Gasteiger partial charge in [-0.25, -0.2) is 4.98 Å². The van der Waals surface area contributed by atoms with Gasteiger partial charge in [0.15, 0.2) is 0 Å². The van der Waals surface area contributed by atoms with Gasteiger partial charge in [0.2, 0.25) is 5.71 Å². The first-order chi connectivity index (χ1) is 16.8. The van der Waals surface area contributed by atoms with Crippen LogP contribution in [0.25, 0.3) is 55.4 Å². The maximum absolute atomic E-state index is 6.22. The Bertz CT molecular complexity index is 1760. The molecular weight excluding hydrogens is 430 g/mol. The van der Waals surface area contributed by atoms with Crippen LogP contribution >= 0.6 is 0 Å². The second-order valence-electron chi connectivity index (χ2n) is 10.3. The molecule has 4 heterocycles. The molecule has 0 N–H and O–H groups in total. The van der Waals surface area contributed by atoms with Gasteiger partial charge in [0.25, 0.3) is 0 Å². The fourth-order valence-corrected chi connectivity index (χ4v) is 4.72. The minimum atomic E-state index is 0.0205. The topological polar surface area (TPSA) is 51.8 Å². The Kier molecular flexibility index (Phi) is 4.75. The fraction of sp³-hybridized carbons (Fsp3) is 0.194. The lowest BCUT2D eigenvalue weighted by atomic mass is 9.90. The lowest BCUT2D eigenvalue weighted by molar-refractivity contribution is 0.571. The van der Waals surface area contributed by atoms with Crippen molar-refractivity contribution in [3.63, 3.8) is 0 Å². The van der Waals surface area contributed by atoms with Crippen LogP contribution in [-0.2, 0) is 5.41 Å². The third-order valence-electron chi connectivity index (χ3n) is 6.65. The van der Waals surface area contributed by atoms with Gasteiger partial charge in [-0.15, -0.1) is 0 Å². The second-order valence-corrected chi connectivity index (χ2v) is 10.3. The van der Waals surface area contributed by atoms with Crippen molar-refractivity contribution in [1.82, 2.24) is 15.0 Å². The summed E-state index contributed by atoms with van der Waals surface area (Å²) in [6.45, 7) is 10.7. The zero-order chi connectivity index (χ0) is 24.3. The molecule has 0 saturated heterocycles. The minimum absolute atomic E-state index is 0.0205. The summed E-state index contributed by atoms with van der Waals surface area (Å²) < 4.78 is 6.22. The van der Waals surface area contributed by atoms with Gasteiger partial charge < -0.3 is 4.42 Å². The van der Waals surface area contributed by atoms with Crippen molar-refractivity contribution in [3.8, 4) is 22.4 Å². The lowest BCUT2D eigenvalue weighted by Gasteiger charge is -2.18. The summed E-state index contributed by atoms with van der Waals surface area (Å²) in [5.41, 5.74) is 9.91. The molecule has 0 radical (unpaired) electrons. The summed E-state index contributed by atoms with van der Waals surface area (Å²) in [5.74, 6) is 0. The molecule has 35 heavy (non-hydrogen) atoms. The molecule has 0 bridgehead atoms. The van der Waals surface area contributed by atoms with E-state index in [0.29, 0.717) is 5.71 Å². The van der Waals surface area contributed by atoms with Crippen LogP contribution in [0, 0.1) is 13.8 Å². The van der Waals surface area contributed by atoms with Gasteiger partial charge in [-0.3, -0.25) is 9.97 Å². The normalized spacial score (nSPS) is 12.1. The SMILES string of the molecule is Cc1ccc2c(n1)oc1c(-c3cc(-c4cc5ccc(C(C)(C)C)nc5cc4C)ccn3)cccc12. The maximum atomic E-state index is 6.22. The van der Waals surface area contributed by atoms with Crippen LogP contribution in [0.1, 0.15) is 37.7 Å². The average molecular weight is 458 g/mol. The van der Waals surface area contributed by atoms with Crippen LogP contribution in [0.3, 0.4) is 0 Å². The Hall–Kier alpha value is -4.05. The van der Waals surface area contributed by atoms with E-state index < -0.39 is 0 Å². The molecule has 0 aliphatic carbocycles. The van der Waals surface area contributed by atoms with Crippen molar-refractivity contribution in [1.29, 1.82) is 0 Å². The molecule has 0 unspecified atom stereocenters. The van der Waals surface area contributed by atoms with Crippen molar-refractivity contribution in [2.75, 3.05) is 0 Å². The number of benzene rings is 2. The summed E-state index contributed by atoms with van der Waals surface area (Å²) in [6.07, 6.45) is 1.87. The number of aromatic nitrogens is 3. The number of para-hydroxylation sites is 1. The van der Waals surface area contributed by atoms with E-state index in [-0.39, 0.29) is 5.41 Å². The number of nitrogens with zero attached hydrogens (tertiary/aromatic N) is 3. The van der Waals surface area contributed by atoms with E-state index in [0.717, 1.165) is 55.5 Å². The quantitative estimate of drug-likeness (QED) is 0.263. The number of hydrogen-bond donors (Lipinski definition) is 0. The maximum Gasteiger partial charge on any atom is 0.227 e. The van der Waals surface area contributed by atoms with Gasteiger partial charge in [-0.1, -0.05) is 39.0 Å². The number of hydrogen-bond acceptors (Lipinski definition) is 4. The van der Waals surface area contributed by atoms with Crippen LogP contribution < -0.4 is 0 Å². The Morgan fingerprint density at radius 2 is 1.63 bits per heavy atom. The van der Waals surface area contributed by atoms with E-state index in [4.69, 9.17) is 14.4 Å². The van der Waals surface area contributed by atoms with E-state index in [2.05, 4.69) is 93.3 Å². The van der Waals surface area contributed by atoms with E-state index in [1.165, 1.54) is 11.1 Å². The molecule has 0 aliphatic rings. The highest BCUT2D eigenvalue weighted by molar-refractivity contribution is 6.08. The molecule has 6 rings (SSSR count). The van der Waals surface area contributed by atoms with Gasteiger partial charge in [0.1, 0.15) is 5.58 Å². The highest BCUT2D eigenvalue weighted by Crippen LogP contribution is 2.36. The van der Waals surface area contributed by atoms with Gasteiger partial charge >= 0.3 is 0 Å². The van der Waals surface area contributed by atoms with Crippen molar-refractivity contribution < 1.29 is 4.42 Å². The first-order valence-electron chi connectivity index (χ1n) is 12.0. The molecule has 0 aliphatic heterocycles. The van der Waals surface area contributed by atoms with Gasteiger partial charge in [-0.2, -0.15) is 0 Å². The molecule has 4 heteroatoms. The molecule has 2 aromatic carbocycles. The standard InChI is InChI=1S/C31H27N3O/c1-18-15-26-21(10-12-28(34-26)31(3,4)5)16-25(18)20-13-14-32-27(17-20)24-8-6-7-22-23-11-9-19(2)33-30(23)35-29(22)24/h6-17H,1-5H3. The van der Waals surface area contributed by atoms with Crippen LogP contribution in [0.5, 0.6) is 0 Å². The highest BCUT2D eigenvalue weighted by Gasteiger charge is 2.17. The Morgan fingerprint density at radius 3 is 2.46 bits per heavy atom. The fourth-order valence-electron chi connectivity index (χ4n) is 4.72. The molecule has 0 saturated carbocycles. The van der Waals surface area contributed by atoms with Crippen LogP contribution in [0.4, 0.5) is 0 Å². The van der Waals surface area contributed by atoms with Gasteiger partial charge in [0, 0.05) is 44.7 Å². The summed E-state index contributed by atoms with van der Waals surface area (Å²) in [7, 11) is 0. The molecule has 0 spiro atoms. The molecule has 4 nitrogen and oxygen atoms in total. The van der Waals surface area contributed by atoms with Crippen molar-refractivity contribution >= 4 is 33.0 Å². The number of rotatable bonds is 2. The third-order valence-corrected chi connectivity index (χ3v) is 6.65. The summed E-state index contributed by atoms with van der Waals surface area (Å²) in [4.78, 5) is 14.2. The second kappa shape index (κ2) is 7.74. The highest BCUT2D eigenvalue weighted by atomic mass is 16.3. The van der Waals surface area contributed by atoms with E-state index >= 15 is 0 Å². The number of furan rings is 1. The monoisotopic (exact) mass is 457 g/mol. The largest absolute Gasteiger partial charge is 0.437 e. The van der Waals surface area contributed by atoms with Crippen molar-refractivity contribution in [2.24, 2.45) is 0 Å².